The Kier molecular flexibility index (Phi) is 3.65. The van der Waals surface area contributed by atoms with Crippen molar-refractivity contribution < 1.29 is 14.7 Å². The minimum Gasteiger partial charge on any atom is -0.478 e. The lowest BCUT2D eigenvalue weighted by atomic mass is 10.2. The minimum atomic E-state index is -1.20. The van der Waals surface area contributed by atoms with Gasteiger partial charge in [0.05, 0.1) is 17.3 Å². The summed E-state index contributed by atoms with van der Waals surface area (Å²) in [4.78, 5) is 21.8. The van der Waals surface area contributed by atoms with Crippen LogP contribution in [0.3, 0.4) is 0 Å². The lowest BCUT2D eigenvalue weighted by molar-refractivity contribution is -0.114. The summed E-state index contributed by atoms with van der Waals surface area (Å²) in [6, 6.07) is 4.42. The number of aromatic carboxylic acids is 1. The van der Waals surface area contributed by atoms with Crippen molar-refractivity contribution in [2.45, 2.75) is 0 Å². The Hall–Kier alpha value is -1.59. The molecule has 0 aliphatic rings. The van der Waals surface area contributed by atoms with E-state index in [1.165, 1.54) is 12.1 Å². The number of benzene rings is 1. The van der Waals surface area contributed by atoms with Crippen molar-refractivity contribution in [1.82, 2.24) is 0 Å². The molecule has 4 N–H and O–H groups in total. The normalized spacial score (nSPS) is 9.73. The molecule has 0 fully saturated rings. The van der Waals surface area contributed by atoms with Crippen LogP contribution in [-0.4, -0.2) is 23.5 Å². The molecular formula is C9H9ClN2O3. The molecule has 1 amide bonds. The van der Waals surface area contributed by atoms with Gasteiger partial charge in [0.1, 0.15) is 5.56 Å². The summed E-state index contributed by atoms with van der Waals surface area (Å²) in [5.41, 5.74) is 5.10. The van der Waals surface area contributed by atoms with Crippen LogP contribution in [0.2, 0.25) is 5.02 Å². The van der Waals surface area contributed by atoms with Crippen LogP contribution in [0.5, 0.6) is 0 Å². The Morgan fingerprint density at radius 2 is 2.13 bits per heavy atom. The molecule has 5 nitrogen and oxygen atoms in total. The van der Waals surface area contributed by atoms with Crippen molar-refractivity contribution in [3.05, 3.63) is 28.8 Å². The predicted molar refractivity (Wildman–Crippen MR) is 56.1 cm³/mol. The van der Waals surface area contributed by atoms with Crippen LogP contribution < -0.4 is 11.1 Å². The molecule has 0 unspecified atom stereocenters. The van der Waals surface area contributed by atoms with E-state index in [0.29, 0.717) is 0 Å². The molecule has 0 aromatic heterocycles. The summed E-state index contributed by atoms with van der Waals surface area (Å²) in [7, 11) is 0. The predicted octanol–water partition coefficient (Wildman–Crippen LogP) is 0.935. The number of anilines is 1. The Morgan fingerprint density at radius 3 is 2.67 bits per heavy atom. The number of nitrogens with one attached hydrogen (secondary N) is 1. The summed E-state index contributed by atoms with van der Waals surface area (Å²) >= 11 is 5.69. The van der Waals surface area contributed by atoms with E-state index in [9.17, 15) is 9.59 Å². The highest BCUT2D eigenvalue weighted by Gasteiger charge is 2.15. The first-order valence-corrected chi connectivity index (χ1v) is 4.45. The molecular weight excluding hydrogens is 220 g/mol. The standard InChI is InChI=1S/C9H9ClN2O3/c10-5-2-1-3-6(8(5)9(14)15)12-7(13)4-11/h1-3H,4,11H2,(H,12,13)(H,14,15). The van der Waals surface area contributed by atoms with Gasteiger partial charge in [0.25, 0.3) is 0 Å². The van der Waals surface area contributed by atoms with Gasteiger partial charge >= 0.3 is 5.97 Å². The number of carboxylic acid groups (broad SMARTS) is 1. The number of rotatable bonds is 3. The van der Waals surface area contributed by atoms with Crippen molar-refractivity contribution in [3.8, 4) is 0 Å². The second-order valence-electron chi connectivity index (χ2n) is 2.72. The van der Waals surface area contributed by atoms with Gasteiger partial charge in [-0.15, -0.1) is 0 Å². The SMILES string of the molecule is NCC(=O)Nc1cccc(Cl)c1C(=O)O. The third-order valence-corrected chi connectivity index (χ3v) is 2.00. The van der Waals surface area contributed by atoms with Gasteiger partial charge in [-0.25, -0.2) is 4.79 Å². The molecule has 80 valence electrons. The van der Waals surface area contributed by atoms with Gasteiger partial charge < -0.3 is 16.2 Å². The number of carbonyl (C=O) groups excluding carboxylic acids is 1. The van der Waals surface area contributed by atoms with Gasteiger partial charge in [0, 0.05) is 0 Å². The summed E-state index contributed by atoms with van der Waals surface area (Å²) in [6.45, 7) is -0.217. The topological polar surface area (TPSA) is 92.4 Å². The van der Waals surface area contributed by atoms with E-state index in [-0.39, 0.29) is 22.8 Å². The number of amides is 1. The van der Waals surface area contributed by atoms with Gasteiger partial charge in [0.2, 0.25) is 5.91 Å². The lowest BCUT2D eigenvalue weighted by Gasteiger charge is -2.08. The molecule has 6 heteroatoms. The number of carbonyl (C=O) groups is 2. The van der Waals surface area contributed by atoms with Gasteiger partial charge in [0.15, 0.2) is 0 Å². The zero-order valence-corrected chi connectivity index (χ0v) is 8.41. The molecule has 0 aliphatic heterocycles. The van der Waals surface area contributed by atoms with E-state index in [4.69, 9.17) is 22.4 Å². The molecule has 0 spiro atoms. The number of halogens is 1. The Morgan fingerprint density at radius 1 is 1.47 bits per heavy atom. The molecule has 0 atom stereocenters. The fraction of sp³-hybridized carbons (Fsp3) is 0.111. The minimum absolute atomic E-state index is 0.0670. The number of nitrogens with two attached hydrogens (primary N) is 1. The second kappa shape index (κ2) is 4.77. The summed E-state index contributed by atoms with van der Waals surface area (Å²) in [6.07, 6.45) is 0. The molecule has 0 radical (unpaired) electrons. The Labute approximate surface area is 90.8 Å². The van der Waals surface area contributed by atoms with Crippen molar-refractivity contribution >= 4 is 29.2 Å². The molecule has 0 heterocycles. The monoisotopic (exact) mass is 228 g/mol. The van der Waals surface area contributed by atoms with E-state index >= 15 is 0 Å². The maximum Gasteiger partial charge on any atom is 0.339 e. The van der Waals surface area contributed by atoms with Crippen LogP contribution >= 0.6 is 11.6 Å². The fourth-order valence-corrected chi connectivity index (χ4v) is 1.30. The maximum atomic E-state index is 11.0. The molecule has 0 bridgehead atoms. The first-order valence-electron chi connectivity index (χ1n) is 4.08. The molecule has 1 rings (SSSR count). The maximum absolute atomic E-state index is 11.0. The van der Waals surface area contributed by atoms with Crippen LogP contribution in [0.1, 0.15) is 10.4 Å². The fourth-order valence-electron chi connectivity index (χ4n) is 1.05. The molecule has 0 saturated heterocycles. The summed E-state index contributed by atoms with van der Waals surface area (Å²) < 4.78 is 0. The van der Waals surface area contributed by atoms with Crippen LogP contribution in [0.15, 0.2) is 18.2 Å². The van der Waals surface area contributed by atoms with Gasteiger partial charge in [-0.2, -0.15) is 0 Å². The van der Waals surface area contributed by atoms with E-state index in [2.05, 4.69) is 5.32 Å². The van der Waals surface area contributed by atoms with Crippen molar-refractivity contribution in [2.24, 2.45) is 5.73 Å². The Balaban J connectivity index is 3.11. The molecule has 0 saturated carbocycles. The van der Waals surface area contributed by atoms with E-state index in [1.54, 1.807) is 6.07 Å². The first kappa shape index (κ1) is 11.5. The van der Waals surface area contributed by atoms with Gasteiger partial charge in [-0.05, 0) is 12.1 Å². The molecule has 1 aromatic carbocycles. The molecule has 1 aromatic rings. The number of carboxylic acids is 1. The highest BCUT2D eigenvalue weighted by molar-refractivity contribution is 6.34. The average Bonchev–Trinajstić information content (AvgIpc) is 2.17. The Bertz CT molecular complexity index is 406. The quantitative estimate of drug-likeness (QED) is 0.718. The van der Waals surface area contributed by atoms with E-state index in [1.807, 2.05) is 0 Å². The second-order valence-corrected chi connectivity index (χ2v) is 3.13. The van der Waals surface area contributed by atoms with E-state index in [0.717, 1.165) is 0 Å². The average molecular weight is 229 g/mol. The van der Waals surface area contributed by atoms with Crippen molar-refractivity contribution in [1.29, 1.82) is 0 Å². The highest BCUT2D eigenvalue weighted by Crippen LogP contribution is 2.24. The molecule has 0 aliphatic carbocycles. The number of hydrogen-bond donors (Lipinski definition) is 3. The lowest BCUT2D eigenvalue weighted by Crippen LogP contribution is -2.23. The zero-order chi connectivity index (χ0) is 11.4. The summed E-state index contributed by atoms with van der Waals surface area (Å²) in [5.74, 6) is -1.67. The van der Waals surface area contributed by atoms with Crippen molar-refractivity contribution in [3.63, 3.8) is 0 Å². The van der Waals surface area contributed by atoms with Crippen LogP contribution in [0.25, 0.3) is 0 Å². The summed E-state index contributed by atoms with van der Waals surface area (Å²) in [5, 5.41) is 11.3. The smallest absolute Gasteiger partial charge is 0.339 e. The number of hydrogen-bond acceptors (Lipinski definition) is 3. The third kappa shape index (κ3) is 2.68. The highest BCUT2D eigenvalue weighted by atomic mass is 35.5. The largest absolute Gasteiger partial charge is 0.478 e. The van der Waals surface area contributed by atoms with Crippen LogP contribution in [-0.2, 0) is 4.79 Å². The third-order valence-electron chi connectivity index (χ3n) is 1.69. The van der Waals surface area contributed by atoms with Crippen molar-refractivity contribution in [2.75, 3.05) is 11.9 Å². The van der Waals surface area contributed by atoms with Gasteiger partial charge in [-0.1, -0.05) is 17.7 Å². The van der Waals surface area contributed by atoms with Gasteiger partial charge in [-0.3, -0.25) is 4.79 Å². The van der Waals surface area contributed by atoms with Crippen LogP contribution in [0, 0.1) is 0 Å². The van der Waals surface area contributed by atoms with E-state index < -0.39 is 11.9 Å². The molecule has 15 heavy (non-hydrogen) atoms. The van der Waals surface area contributed by atoms with Crippen LogP contribution in [0.4, 0.5) is 5.69 Å². The zero-order valence-electron chi connectivity index (χ0n) is 7.66. The first-order chi connectivity index (χ1) is 7.06.